The molecule has 1 aliphatic rings. The van der Waals surface area contributed by atoms with Crippen LogP contribution >= 0.6 is 0 Å². The highest BCUT2D eigenvalue weighted by Gasteiger charge is 2.36. The summed E-state index contributed by atoms with van der Waals surface area (Å²) in [6, 6.07) is 17.8. The third kappa shape index (κ3) is 2.73. The van der Waals surface area contributed by atoms with Gasteiger partial charge in [-0.05, 0) is 24.3 Å². The number of benzene rings is 2. The van der Waals surface area contributed by atoms with Crippen molar-refractivity contribution in [2.24, 2.45) is 0 Å². The quantitative estimate of drug-likeness (QED) is 0.644. The van der Waals surface area contributed by atoms with Gasteiger partial charge in [0.25, 0.3) is 0 Å². The van der Waals surface area contributed by atoms with E-state index in [1.807, 2.05) is 60.7 Å². The van der Waals surface area contributed by atoms with E-state index in [0.717, 1.165) is 11.3 Å². The van der Waals surface area contributed by atoms with E-state index in [1.54, 1.807) is 0 Å². The molecular weight excluding hydrogens is 264 g/mol. The predicted octanol–water partition coefficient (Wildman–Crippen LogP) is 2.74. The topological polar surface area (TPSA) is 43.8 Å². The minimum Gasteiger partial charge on any atom is -0.289 e. The molecule has 0 radical (unpaired) electrons. The smallest absolute Gasteiger partial charge is 0.289 e. The van der Waals surface area contributed by atoms with E-state index in [9.17, 15) is 10.0 Å². The molecule has 3 rings (SSSR count). The summed E-state index contributed by atoms with van der Waals surface area (Å²) in [6.07, 6.45) is 0. The SMILES string of the molecule is O=C1N(c2ccccc2)CC(C#Cc2ccccc2)N1O. The fourth-order valence-corrected chi connectivity index (χ4v) is 2.20. The van der Waals surface area contributed by atoms with Crippen molar-refractivity contribution in [3.05, 3.63) is 66.2 Å². The van der Waals surface area contributed by atoms with Crippen LogP contribution in [0.25, 0.3) is 0 Å². The summed E-state index contributed by atoms with van der Waals surface area (Å²) in [5, 5.41) is 10.6. The lowest BCUT2D eigenvalue weighted by molar-refractivity contribution is -0.0414. The maximum absolute atomic E-state index is 12.1. The first-order valence-electron chi connectivity index (χ1n) is 6.67. The number of hydrogen-bond acceptors (Lipinski definition) is 2. The fourth-order valence-electron chi connectivity index (χ4n) is 2.20. The van der Waals surface area contributed by atoms with Gasteiger partial charge in [0.1, 0.15) is 6.04 Å². The molecule has 0 saturated carbocycles. The van der Waals surface area contributed by atoms with E-state index in [2.05, 4.69) is 11.8 Å². The monoisotopic (exact) mass is 278 g/mol. The average molecular weight is 278 g/mol. The van der Waals surface area contributed by atoms with Crippen molar-refractivity contribution in [3.8, 4) is 11.8 Å². The zero-order valence-corrected chi connectivity index (χ0v) is 11.3. The minimum absolute atomic E-state index is 0.346. The lowest BCUT2D eigenvalue weighted by Gasteiger charge is -2.14. The van der Waals surface area contributed by atoms with Gasteiger partial charge in [-0.1, -0.05) is 48.2 Å². The molecule has 2 amide bonds. The fraction of sp³-hybridized carbons (Fsp3) is 0.118. The van der Waals surface area contributed by atoms with E-state index in [1.165, 1.54) is 4.90 Å². The van der Waals surface area contributed by atoms with Gasteiger partial charge in [-0.25, -0.2) is 4.79 Å². The van der Waals surface area contributed by atoms with Crippen LogP contribution in [0.4, 0.5) is 10.5 Å². The number of rotatable bonds is 1. The van der Waals surface area contributed by atoms with Crippen molar-refractivity contribution in [2.45, 2.75) is 6.04 Å². The molecule has 1 N–H and O–H groups in total. The van der Waals surface area contributed by atoms with Gasteiger partial charge in [-0.2, -0.15) is 5.06 Å². The highest BCUT2D eigenvalue weighted by Crippen LogP contribution is 2.22. The number of nitrogens with zero attached hydrogens (tertiary/aromatic N) is 2. The summed E-state index contributed by atoms with van der Waals surface area (Å²) >= 11 is 0. The van der Waals surface area contributed by atoms with Gasteiger partial charge in [-0.3, -0.25) is 10.1 Å². The molecule has 1 saturated heterocycles. The molecule has 0 spiro atoms. The molecule has 1 unspecified atom stereocenters. The molecule has 1 fully saturated rings. The summed E-state index contributed by atoms with van der Waals surface area (Å²) in [4.78, 5) is 13.6. The second-order valence-corrected chi connectivity index (χ2v) is 4.72. The normalized spacial score (nSPS) is 17.6. The van der Waals surface area contributed by atoms with Crippen LogP contribution < -0.4 is 4.90 Å². The van der Waals surface area contributed by atoms with Crippen LogP contribution in [-0.4, -0.2) is 28.9 Å². The van der Waals surface area contributed by atoms with E-state index in [-0.39, 0.29) is 0 Å². The predicted molar refractivity (Wildman–Crippen MR) is 79.9 cm³/mol. The van der Waals surface area contributed by atoms with Crippen LogP contribution in [0.15, 0.2) is 60.7 Å². The molecule has 1 heterocycles. The van der Waals surface area contributed by atoms with E-state index in [4.69, 9.17) is 0 Å². The van der Waals surface area contributed by atoms with E-state index >= 15 is 0 Å². The van der Waals surface area contributed by atoms with E-state index < -0.39 is 12.1 Å². The molecular formula is C17H14N2O2. The number of para-hydroxylation sites is 1. The first kappa shape index (κ1) is 13.2. The highest BCUT2D eigenvalue weighted by atomic mass is 16.5. The second kappa shape index (κ2) is 5.70. The zero-order valence-electron chi connectivity index (χ0n) is 11.3. The van der Waals surface area contributed by atoms with E-state index in [0.29, 0.717) is 11.6 Å². The van der Waals surface area contributed by atoms with Gasteiger partial charge in [0.15, 0.2) is 0 Å². The lowest BCUT2D eigenvalue weighted by atomic mass is 10.2. The van der Waals surface area contributed by atoms with Gasteiger partial charge >= 0.3 is 6.03 Å². The number of urea groups is 1. The number of anilines is 1. The summed E-state index contributed by atoms with van der Waals surface area (Å²) in [5.41, 5.74) is 1.61. The van der Waals surface area contributed by atoms with Crippen LogP contribution in [-0.2, 0) is 0 Å². The average Bonchev–Trinajstić information content (AvgIpc) is 2.83. The van der Waals surface area contributed by atoms with Crippen molar-refractivity contribution >= 4 is 11.7 Å². The highest BCUT2D eigenvalue weighted by molar-refractivity contribution is 5.94. The Morgan fingerprint density at radius 3 is 2.29 bits per heavy atom. The first-order valence-corrected chi connectivity index (χ1v) is 6.67. The standard InChI is InChI=1S/C17H14N2O2/c20-17-18(15-9-5-2-6-10-15)13-16(19(17)21)12-11-14-7-3-1-4-8-14/h1-10,16,21H,13H2. The van der Waals surface area contributed by atoms with Crippen LogP contribution in [0.2, 0.25) is 0 Å². The van der Waals surface area contributed by atoms with Crippen molar-refractivity contribution in [1.29, 1.82) is 0 Å². The van der Waals surface area contributed by atoms with Crippen LogP contribution in [0.3, 0.4) is 0 Å². The Balaban J connectivity index is 1.80. The molecule has 4 heteroatoms. The van der Waals surface area contributed by atoms with Crippen molar-refractivity contribution < 1.29 is 10.0 Å². The summed E-state index contributed by atoms with van der Waals surface area (Å²) < 4.78 is 0. The van der Waals surface area contributed by atoms with Crippen LogP contribution in [0.5, 0.6) is 0 Å². The first-order chi connectivity index (χ1) is 10.3. The molecule has 21 heavy (non-hydrogen) atoms. The van der Waals surface area contributed by atoms with Crippen molar-refractivity contribution in [2.75, 3.05) is 11.4 Å². The summed E-state index contributed by atoms with van der Waals surface area (Å²) in [6.45, 7) is 0.346. The number of carbonyl (C=O) groups excluding carboxylic acids is 1. The molecule has 2 aromatic carbocycles. The third-order valence-corrected chi connectivity index (χ3v) is 3.30. The van der Waals surface area contributed by atoms with Gasteiger partial charge in [0.05, 0.1) is 6.54 Å². The number of amides is 2. The Hall–Kier alpha value is -2.77. The number of carbonyl (C=O) groups is 1. The van der Waals surface area contributed by atoms with Gasteiger partial charge in [-0.15, -0.1) is 0 Å². The number of hydroxylamine groups is 2. The molecule has 0 bridgehead atoms. The van der Waals surface area contributed by atoms with Gasteiger partial charge in [0.2, 0.25) is 0 Å². The Morgan fingerprint density at radius 1 is 1.00 bits per heavy atom. The van der Waals surface area contributed by atoms with Crippen LogP contribution in [0, 0.1) is 11.8 Å². The molecule has 104 valence electrons. The van der Waals surface area contributed by atoms with Gasteiger partial charge < -0.3 is 0 Å². The van der Waals surface area contributed by atoms with Crippen molar-refractivity contribution in [1.82, 2.24) is 5.06 Å². The third-order valence-electron chi connectivity index (χ3n) is 3.30. The Labute approximate surface area is 123 Å². The maximum Gasteiger partial charge on any atom is 0.349 e. The van der Waals surface area contributed by atoms with Crippen LogP contribution in [0.1, 0.15) is 5.56 Å². The molecule has 1 aliphatic heterocycles. The largest absolute Gasteiger partial charge is 0.349 e. The second-order valence-electron chi connectivity index (χ2n) is 4.72. The Bertz CT molecular complexity index is 689. The summed E-state index contributed by atoms with van der Waals surface area (Å²) in [7, 11) is 0. The molecule has 0 aromatic heterocycles. The molecule has 0 aliphatic carbocycles. The lowest BCUT2D eigenvalue weighted by Crippen LogP contribution is -2.31. The zero-order chi connectivity index (χ0) is 14.7. The van der Waals surface area contributed by atoms with Crippen molar-refractivity contribution in [3.63, 3.8) is 0 Å². The summed E-state index contributed by atoms with van der Waals surface area (Å²) in [5.74, 6) is 5.92. The molecule has 4 nitrogen and oxygen atoms in total. The molecule has 2 aromatic rings. The minimum atomic E-state index is -0.530. The Morgan fingerprint density at radius 2 is 1.62 bits per heavy atom. The Kier molecular flexibility index (Phi) is 3.59. The number of hydrogen-bond donors (Lipinski definition) is 1. The maximum atomic E-state index is 12.1. The molecule has 1 atom stereocenters. The van der Waals surface area contributed by atoms with Gasteiger partial charge in [0, 0.05) is 11.3 Å².